The van der Waals surface area contributed by atoms with Crippen molar-refractivity contribution in [3.05, 3.63) is 40.6 Å². The fraction of sp³-hybridized carbons (Fsp3) is 0.500. The summed E-state index contributed by atoms with van der Waals surface area (Å²) in [6.45, 7) is 0.419. The summed E-state index contributed by atoms with van der Waals surface area (Å²) in [5.41, 5.74) is 1.48. The van der Waals surface area contributed by atoms with Crippen molar-refractivity contribution in [1.82, 2.24) is 19.6 Å². The van der Waals surface area contributed by atoms with Crippen LogP contribution in [0.2, 0.25) is 0 Å². The SMILES string of the molecule is CNc1cnn(Cc2ccn(C3CCCC3)n2)c(=O)c1. The third kappa shape index (κ3) is 2.59. The van der Waals surface area contributed by atoms with Gasteiger partial charge < -0.3 is 5.32 Å². The van der Waals surface area contributed by atoms with E-state index in [4.69, 9.17) is 0 Å². The summed E-state index contributed by atoms with van der Waals surface area (Å²) in [6.07, 6.45) is 8.64. The highest BCUT2D eigenvalue weighted by Crippen LogP contribution is 2.28. The molecule has 1 saturated carbocycles. The van der Waals surface area contributed by atoms with Gasteiger partial charge in [-0.1, -0.05) is 12.8 Å². The Morgan fingerprint density at radius 2 is 2.20 bits per heavy atom. The third-order valence-electron chi connectivity index (χ3n) is 3.83. The van der Waals surface area contributed by atoms with Gasteiger partial charge in [-0.25, -0.2) is 4.68 Å². The lowest BCUT2D eigenvalue weighted by atomic mass is 10.3. The Hall–Kier alpha value is -2.11. The molecule has 2 aromatic heterocycles. The number of nitrogens with zero attached hydrogens (tertiary/aromatic N) is 4. The van der Waals surface area contributed by atoms with E-state index < -0.39 is 0 Å². The smallest absolute Gasteiger partial charge is 0.269 e. The molecule has 1 aliphatic rings. The van der Waals surface area contributed by atoms with E-state index in [1.165, 1.54) is 30.4 Å². The van der Waals surface area contributed by atoms with Crippen LogP contribution in [0.15, 0.2) is 29.3 Å². The number of rotatable bonds is 4. The highest BCUT2D eigenvalue weighted by molar-refractivity contribution is 5.37. The first-order chi connectivity index (χ1) is 9.76. The van der Waals surface area contributed by atoms with Gasteiger partial charge in [0.25, 0.3) is 5.56 Å². The van der Waals surface area contributed by atoms with E-state index in [2.05, 4.69) is 15.5 Å². The topological polar surface area (TPSA) is 64.7 Å². The molecule has 2 heterocycles. The predicted octanol–water partition coefficient (Wildman–Crippen LogP) is 1.64. The monoisotopic (exact) mass is 273 g/mol. The standard InChI is InChI=1S/C14H19N5O/c1-15-12-8-14(20)19(16-9-12)10-11-6-7-18(17-11)13-4-2-3-5-13/h6-9,13,15H,2-5,10H2,1H3. The molecular formula is C14H19N5O. The highest BCUT2D eigenvalue weighted by atomic mass is 16.1. The van der Waals surface area contributed by atoms with Crippen molar-refractivity contribution < 1.29 is 0 Å². The predicted molar refractivity (Wildman–Crippen MR) is 76.9 cm³/mol. The van der Waals surface area contributed by atoms with E-state index in [0.29, 0.717) is 12.6 Å². The zero-order valence-electron chi connectivity index (χ0n) is 11.6. The molecule has 106 valence electrons. The molecule has 6 heteroatoms. The second kappa shape index (κ2) is 5.48. The average Bonchev–Trinajstić information content (AvgIpc) is 3.11. The number of hydrogen-bond acceptors (Lipinski definition) is 4. The highest BCUT2D eigenvalue weighted by Gasteiger charge is 2.17. The third-order valence-corrected chi connectivity index (χ3v) is 3.83. The lowest BCUT2D eigenvalue weighted by Gasteiger charge is -2.09. The first kappa shape index (κ1) is 12.9. The van der Waals surface area contributed by atoms with Gasteiger partial charge >= 0.3 is 0 Å². The van der Waals surface area contributed by atoms with E-state index >= 15 is 0 Å². The molecule has 1 N–H and O–H groups in total. The van der Waals surface area contributed by atoms with Gasteiger partial charge in [-0.2, -0.15) is 10.2 Å². The lowest BCUT2D eigenvalue weighted by Crippen LogP contribution is -2.23. The van der Waals surface area contributed by atoms with E-state index in [0.717, 1.165) is 11.4 Å². The zero-order chi connectivity index (χ0) is 13.9. The molecular weight excluding hydrogens is 254 g/mol. The van der Waals surface area contributed by atoms with Gasteiger partial charge in [0.1, 0.15) is 0 Å². The van der Waals surface area contributed by atoms with Crippen LogP contribution in [0.5, 0.6) is 0 Å². The Balaban J connectivity index is 1.76. The fourth-order valence-corrected chi connectivity index (χ4v) is 2.68. The minimum Gasteiger partial charge on any atom is -0.387 e. The van der Waals surface area contributed by atoms with Gasteiger partial charge in [-0.05, 0) is 18.9 Å². The van der Waals surface area contributed by atoms with Gasteiger partial charge in [-0.3, -0.25) is 9.48 Å². The largest absolute Gasteiger partial charge is 0.387 e. The summed E-state index contributed by atoms with van der Waals surface area (Å²) in [7, 11) is 1.77. The van der Waals surface area contributed by atoms with E-state index in [1.54, 1.807) is 19.3 Å². The Morgan fingerprint density at radius 1 is 1.40 bits per heavy atom. The summed E-state index contributed by atoms with van der Waals surface area (Å²) < 4.78 is 3.47. The molecule has 0 unspecified atom stereocenters. The first-order valence-corrected chi connectivity index (χ1v) is 7.05. The van der Waals surface area contributed by atoms with Crippen LogP contribution in [0.1, 0.15) is 37.4 Å². The first-order valence-electron chi connectivity index (χ1n) is 7.05. The van der Waals surface area contributed by atoms with Crippen LogP contribution in [0.4, 0.5) is 5.69 Å². The summed E-state index contributed by atoms with van der Waals surface area (Å²) in [6, 6.07) is 4.04. The van der Waals surface area contributed by atoms with Crippen molar-refractivity contribution in [1.29, 1.82) is 0 Å². The van der Waals surface area contributed by atoms with E-state index in [-0.39, 0.29) is 5.56 Å². The Kier molecular flexibility index (Phi) is 3.54. The van der Waals surface area contributed by atoms with Gasteiger partial charge in [0.2, 0.25) is 0 Å². The number of anilines is 1. The molecule has 1 aliphatic carbocycles. The minimum absolute atomic E-state index is 0.118. The normalized spacial score (nSPS) is 15.7. The van der Waals surface area contributed by atoms with Crippen LogP contribution in [0.25, 0.3) is 0 Å². The molecule has 0 aromatic carbocycles. The van der Waals surface area contributed by atoms with Crippen molar-refractivity contribution >= 4 is 5.69 Å². The second-order valence-corrected chi connectivity index (χ2v) is 5.22. The maximum atomic E-state index is 11.9. The summed E-state index contributed by atoms with van der Waals surface area (Å²) in [5, 5.41) is 11.6. The molecule has 0 amide bonds. The Labute approximate surface area is 117 Å². The number of aromatic nitrogens is 4. The number of hydrogen-bond donors (Lipinski definition) is 1. The summed E-state index contributed by atoms with van der Waals surface area (Å²) in [5.74, 6) is 0. The van der Waals surface area contributed by atoms with Crippen molar-refractivity contribution in [2.45, 2.75) is 38.3 Å². The van der Waals surface area contributed by atoms with Crippen LogP contribution >= 0.6 is 0 Å². The molecule has 0 spiro atoms. The fourth-order valence-electron chi connectivity index (χ4n) is 2.68. The van der Waals surface area contributed by atoms with Crippen molar-refractivity contribution in [2.24, 2.45) is 0 Å². The van der Waals surface area contributed by atoms with Crippen LogP contribution in [-0.2, 0) is 6.54 Å². The van der Waals surface area contributed by atoms with Gasteiger partial charge in [0.05, 0.1) is 30.2 Å². The Bertz CT molecular complexity index is 639. The second-order valence-electron chi connectivity index (χ2n) is 5.22. The van der Waals surface area contributed by atoms with Gasteiger partial charge in [0.15, 0.2) is 0 Å². The zero-order valence-corrected chi connectivity index (χ0v) is 11.6. The van der Waals surface area contributed by atoms with Crippen LogP contribution in [0, 0.1) is 0 Å². The molecule has 6 nitrogen and oxygen atoms in total. The molecule has 20 heavy (non-hydrogen) atoms. The van der Waals surface area contributed by atoms with Crippen LogP contribution in [0.3, 0.4) is 0 Å². The molecule has 0 bridgehead atoms. The van der Waals surface area contributed by atoms with Crippen molar-refractivity contribution in [2.75, 3.05) is 12.4 Å². The maximum absolute atomic E-state index is 11.9. The van der Waals surface area contributed by atoms with Gasteiger partial charge in [0, 0.05) is 19.3 Å². The van der Waals surface area contributed by atoms with E-state index in [1.807, 2.05) is 16.9 Å². The van der Waals surface area contributed by atoms with Crippen molar-refractivity contribution in [3.8, 4) is 0 Å². The lowest BCUT2D eigenvalue weighted by molar-refractivity contribution is 0.459. The molecule has 0 radical (unpaired) electrons. The minimum atomic E-state index is -0.118. The molecule has 2 aromatic rings. The maximum Gasteiger partial charge on any atom is 0.269 e. The average molecular weight is 273 g/mol. The molecule has 1 fully saturated rings. The Morgan fingerprint density at radius 3 is 2.90 bits per heavy atom. The molecule has 0 atom stereocenters. The summed E-state index contributed by atoms with van der Waals surface area (Å²) in [4.78, 5) is 11.9. The molecule has 3 rings (SSSR count). The van der Waals surface area contributed by atoms with Crippen molar-refractivity contribution in [3.63, 3.8) is 0 Å². The molecule has 0 aliphatic heterocycles. The van der Waals surface area contributed by atoms with Crippen LogP contribution in [-0.4, -0.2) is 26.6 Å². The van der Waals surface area contributed by atoms with Gasteiger partial charge in [-0.15, -0.1) is 0 Å². The van der Waals surface area contributed by atoms with Crippen LogP contribution < -0.4 is 10.9 Å². The quantitative estimate of drug-likeness (QED) is 0.920. The summed E-state index contributed by atoms with van der Waals surface area (Å²) >= 11 is 0. The molecule has 0 saturated heterocycles. The van der Waals surface area contributed by atoms with E-state index in [9.17, 15) is 4.79 Å². The number of nitrogens with one attached hydrogen (secondary N) is 1.